The number of H-pyrrole nitrogens is 1. The van der Waals surface area contributed by atoms with Crippen LogP contribution in [0.1, 0.15) is 21.8 Å². The molecule has 0 spiro atoms. The molecule has 6 nitrogen and oxygen atoms in total. The number of furan rings is 1. The number of carboxylic acids is 1. The highest BCUT2D eigenvalue weighted by molar-refractivity contribution is 7.07. The van der Waals surface area contributed by atoms with Gasteiger partial charge >= 0.3 is 10.8 Å². The second kappa shape index (κ2) is 4.98. The van der Waals surface area contributed by atoms with Gasteiger partial charge in [0.1, 0.15) is 12.0 Å². The largest absolute Gasteiger partial charge is 0.478 e. The third kappa shape index (κ3) is 3.05. The van der Waals surface area contributed by atoms with Crippen molar-refractivity contribution in [3.8, 4) is 0 Å². The summed E-state index contributed by atoms with van der Waals surface area (Å²) < 4.78 is 5.06. The first-order valence-corrected chi connectivity index (χ1v) is 5.71. The van der Waals surface area contributed by atoms with E-state index in [4.69, 9.17) is 9.52 Å². The molecule has 2 aromatic rings. The molecule has 0 aromatic carbocycles. The predicted molar refractivity (Wildman–Crippen MR) is 61.2 cm³/mol. The summed E-state index contributed by atoms with van der Waals surface area (Å²) in [5.41, 5.74) is 0.927. The highest BCUT2D eigenvalue weighted by Crippen LogP contribution is 2.07. The van der Waals surface area contributed by atoms with Crippen LogP contribution in [0.4, 0.5) is 0 Å². The maximum Gasteiger partial charge on any atom is 0.338 e. The molecule has 0 saturated heterocycles. The Balaban J connectivity index is 1.85. The van der Waals surface area contributed by atoms with Crippen LogP contribution in [0.3, 0.4) is 0 Å². The van der Waals surface area contributed by atoms with E-state index in [-0.39, 0.29) is 10.4 Å². The van der Waals surface area contributed by atoms with E-state index in [1.165, 1.54) is 12.3 Å². The number of aromatic nitrogens is 1. The number of carbonyl (C=O) groups is 1. The monoisotopic (exact) mass is 254 g/mol. The maximum absolute atomic E-state index is 10.9. The van der Waals surface area contributed by atoms with E-state index in [1.54, 1.807) is 5.38 Å². The van der Waals surface area contributed by atoms with E-state index < -0.39 is 5.97 Å². The number of aromatic carboxylic acids is 1. The van der Waals surface area contributed by atoms with E-state index in [9.17, 15) is 9.59 Å². The van der Waals surface area contributed by atoms with Gasteiger partial charge in [0, 0.05) is 17.6 Å². The van der Waals surface area contributed by atoms with E-state index in [2.05, 4.69) is 10.3 Å². The Kier molecular flexibility index (Phi) is 3.40. The first-order valence-electron chi connectivity index (χ1n) is 4.83. The second-order valence-corrected chi connectivity index (χ2v) is 4.23. The number of hydrogen-bond acceptors (Lipinski definition) is 5. The van der Waals surface area contributed by atoms with Gasteiger partial charge in [-0.15, -0.1) is 0 Å². The lowest BCUT2D eigenvalue weighted by molar-refractivity contribution is 0.0696. The summed E-state index contributed by atoms with van der Waals surface area (Å²) in [6.45, 7) is 0.910. The molecule has 3 N–H and O–H groups in total. The number of rotatable bonds is 5. The van der Waals surface area contributed by atoms with E-state index in [0.717, 1.165) is 17.0 Å². The normalized spacial score (nSPS) is 10.6. The molecule has 0 fully saturated rings. The standard InChI is InChI=1S/C10H10N2O4S/c13-9(14)6-1-8(16-4-6)3-11-2-7-5-17-10(15)12-7/h1,4-5,11H,2-3H2,(H,12,15)(H,13,14). The zero-order chi connectivity index (χ0) is 12.3. The van der Waals surface area contributed by atoms with E-state index in [0.29, 0.717) is 18.8 Å². The van der Waals surface area contributed by atoms with Gasteiger partial charge in [-0.25, -0.2) is 4.79 Å². The number of hydrogen-bond donors (Lipinski definition) is 3. The number of aromatic amines is 1. The van der Waals surface area contributed by atoms with Crippen molar-refractivity contribution < 1.29 is 14.3 Å². The minimum atomic E-state index is -1.01. The van der Waals surface area contributed by atoms with Gasteiger partial charge < -0.3 is 19.8 Å². The molecule has 2 aromatic heterocycles. The molecule has 0 unspecified atom stereocenters. The molecule has 2 heterocycles. The Bertz CT molecular complexity index is 569. The number of carboxylic acid groups (broad SMARTS) is 1. The molecule has 17 heavy (non-hydrogen) atoms. The highest BCUT2D eigenvalue weighted by atomic mass is 32.1. The SMILES string of the molecule is O=C(O)c1coc(CNCc2csc(=O)[nH]2)c1. The third-order valence-electron chi connectivity index (χ3n) is 2.09. The molecule has 90 valence electrons. The maximum atomic E-state index is 10.9. The quantitative estimate of drug-likeness (QED) is 0.740. The van der Waals surface area contributed by atoms with Crippen LogP contribution in [-0.4, -0.2) is 16.1 Å². The van der Waals surface area contributed by atoms with Gasteiger partial charge in [0.05, 0.1) is 12.1 Å². The van der Waals surface area contributed by atoms with Gasteiger partial charge in [-0.05, 0) is 6.07 Å². The van der Waals surface area contributed by atoms with Crippen LogP contribution in [-0.2, 0) is 13.1 Å². The fraction of sp³-hybridized carbons (Fsp3) is 0.200. The van der Waals surface area contributed by atoms with Gasteiger partial charge in [-0.1, -0.05) is 11.3 Å². The topological polar surface area (TPSA) is 95.3 Å². The molecule has 0 saturated carbocycles. The Morgan fingerprint density at radius 3 is 2.94 bits per heavy atom. The van der Waals surface area contributed by atoms with Crippen LogP contribution in [0.15, 0.2) is 26.9 Å². The number of nitrogens with one attached hydrogen (secondary N) is 2. The Hall–Kier alpha value is -1.86. The molecule has 0 bridgehead atoms. The molecular formula is C10H10N2O4S. The first-order chi connectivity index (χ1) is 8.15. The van der Waals surface area contributed by atoms with Crippen LogP contribution in [0, 0.1) is 0 Å². The van der Waals surface area contributed by atoms with Gasteiger partial charge in [-0.3, -0.25) is 4.79 Å². The average Bonchev–Trinajstić information content (AvgIpc) is 2.88. The summed E-state index contributed by atoms with van der Waals surface area (Å²) in [4.78, 5) is 24.0. The average molecular weight is 254 g/mol. The molecule has 0 aliphatic carbocycles. The minimum absolute atomic E-state index is 0.0898. The van der Waals surface area contributed by atoms with E-state index in [1.807, 2.05) is 0 Å². The lowest BCUT2D eigenvalue weighted by Crippen LogP contribution is -2.13. The molecule has 0 radical (unpaired) electrons. The molecule has 0 amide bonds. The predicted octanol–water partition coefficient (Wildman–Crippen LogP) is 1.02. The van der Waals surface area contributed by atoms with Crippen molar-refractivity contribution in [3.05, 3.63) is 44.4 Å². The second-order valence-electron chi connectivity index (χ2n) is 3.38. The van der Waals surface area contributed by atoms with Crippen molar-refractivity contribution in [2.24, 2.45) is 0 Å². The molecule has 2 rings (SSSR count). The molecule has 0 aliphatic rings. The smallest absolute Gasteiger partial charge is 0.338 e. The fourth-order valence-corrected chi connectivity index (χ4v) is 1.89. The molecule has 0 aliphatic heterocycles. The van der Waals surface area contributed by atoms with Crippen LogP contribution >= 0.6 is 11.3 Å². The summed E-state index contributed by atoms with van der Waals surface area (Å²) >= 11 is 1.11. The van der Waals surface area contributed by atoms with Crippen molar-refractivity contribution in [2.75, 3.05) is 0 Å². The lowest BCUT2D eigenvalue weighted by Gasteiger charge is -1.99. The van der Waals surface area contributed by atoms with Crippen molar-refractivity contribution in [1.82, 2.24) is 10.3 Å². The summed E-state index contributed by atoms with van der Waals surface area (Å²) in [5, 5.41) is 13.5. The zero-order valence-corrected chi connectivity index (χ0v) is 9.54. The molecular weight excluding hydrogens is 244 g/mol. The van der Waals surface area contributed by atoms with Crippen LogP contribution in [0.2, 0.25) is 0 Å². The van der Waals surface area contributed by atoms with E-state index >= 15 is 0 Å². The Morgan fingerprint density at radius 1 is 1.53 bits per heavy atom. The van der Waals surface area contributed by atoms with Gasteiger partial charge in [0.15, 0.2) is 0 Å². The summed E-state index contributed by atoms with van der Waals surface area (Å²) in [5.74, 6) is -0.470. The van der Waals surface area contributed by atoms with Gasteiger partial charge in [0.25, 0.3) is 0 Å². The summed E-state index contributed by atoms with van der Waals surface area (Å²) in [6, 6.07) is 1.46. The van der Waals surface area contributed by atoms with Crippen molar-refractivity contribution in [2.45, 2.75) is 13.1 Å². The van der Waals surface area contributed by atoms with Gasteiger partial charge in [0.2, 0.25) is 0 Å². The summed E-state index contributed by atoms with van der Waals surface area (Å²) in [7, 11) is 0. The zero-order valence-electron chi connectivity index (χ0n) is 8.73. The lowest BCUT2D eigenvalue weighted by atomic mass is 10.3. The van der Waals surface area contributed by atoms with Crippen molar-refractivity contribution >= 4 is 17.3 Å². The van der Waals surface area contributed by atoms with Crippen molar-refractivity contribution in [1.29, 1.82) is 0 Å². The van der Waals surface area contributed by atoms with Crippen LogP contribution < -0.4 is 10.2 Å². The number of thiazole rings is 1. The molecule has 7 heteroatoms. The van der Waals surface area contributed by atoms with Crippen molar-refractivity contribution in [3.63, 3.8) is 0 Å². The Labute approximate surface area is 99.9 Å². The minimum Gasteiger partial charge on any atom is -0.478 e. The fourth-order valence-electron chi connectivity index (χ4n) is 1.31. The third-order valence-corrected chi connectivity index (χ3v) is 2.80. The highest BCUT2D eigenvalue weighted by Gasteiger charge is 2.07. The van der Waals surface area contributed by atoms with Gasteiger partial charge in [-0.2, -0.15) is 0 Å². The Morgan fingerprint density at radius 2 is 2.35 bits per heavy atom. The van der Waals surface area contributed by atoms with Crippen LogP contribution in [0.25, 0.3) is 0 Å². The van der Waals surface area contributed by atoms with Crippen LogP contribution in [0.5, 0.6) is 0 Å². The first kappa shape index (κ1) is 11.6. The summed E-state index contributed by atoms with van der Waals surface area (Å²) in [6.07, 6.45) is 1.20. The molecule has 0 atom stereocenters.